The summed E-state index contributed by atoms with van der Waals surface area (Å²) in [5, 5.41) is 0. The Hall–Kier alpha value is -4.19. The third kappa shape index (κ3) is 44.8. The second-order valence-electron chi connectivity index (χ2n) is 14.5. The Labute approximate surface area is 361 Å². The molecule has 0 fully saturated rings. The van der Waals surface area contributed by atoms with E-state index in [0.717, 1.165) is 128 Å². The monoisotopic (exact) mass is 815 g/mol. The average Bonchev–Trinajstić information content (AvgIpc) is 3.23. The van der Waals surface area contributed by atoms with E-state index in [-0.39, 0.29) is 31.6 Å². The zero-order valence-corrected chi connectivity index (χ0v) is 37.5. The number of ether oxygens (including phenoxy) is 3. The number of allylic oxidation sites excluding steroid dienone is 20. The fraction of sp³-hybridized carbons (Fsp3) is 0.566. The summed E-state index contributed by atoms with van der Waals surface area (Å²) < 4.78 is 16.6. The van der Waals surface area contributed by atoms with E-state index in [1.807, 2.05) is 12.2 Å². The summed E-state index contributed by atoms with van der Waals surface area (Å²) in [5.41, 5.74) is 0. The topological polar surface area (TPSA) is 78.9 Å². The maximum atomic E-state index is 12.7. The molecule has 0 saturated carbocycles. The minimum absolute atomic E-state index is 0.129. The largest absolute Gasteiger partial charge is 0.462 e. The van der Waals surface area contributed by atoms with Gasteiger partial charge < -0.3 is 14.2 Å². The number of rotatable bonds is 39. The van der Waals surface area contributed by atoms with Gasteiger partial charge in [-0.25, -0.2) is 0 Å². The molecule has 0 aromatic carbocycles. The lowest BCUT2D eigenvalue weighted by molar-refractivity contribution is -0.166. The van der Waals surface area contributed by atoms with Crippen molar-refractivity contribution in [2.24, 2.45) is 0 Å². The third-order valence-corrected chi connectivity index (χ3v) is 8.96. The Bertz CT molecular complexity index is 1300. The minimum Gasteiger partial charge on any atom is -0.462 e. The zero-order chi connectivity index (χ0) is 43.0. The Morgan fingerprint density at radius 1 is 0.339 bits per heavy atom. The first-order valence-corrected chi connectivity index (χ1v) is 23.0. The lowest BCUT2D eigenvalue weighted by Crippen LogP contribution is -2.30. The van der Waals surface area contributed by atoms with Crippen molar-refractivity contribution in [2.75, 3.05) is 13.2 Å². The summed E-state index contributed by atoms with van der Waals surface area (Å²) in [6.07, 6.45) is 63.4. The molecule has 0 aliphatic rings. The van der Waals surface area contributed by atoms with Crippen molar-refractivity contribution in [3.05, 3.63) is 122 Å². The number of carbonyl (C=O) groups excluding carboxylic acids is 3. The van der Waals surface area contributed by atoms with Crippen LogP contribution >= 0.6 is 0 Å². The summed E-state index contributed by atoms with van der Waals surface area (Å²) in [4.78, 5) is 37.8. The zero-order valence-electron chi connectivity index (χ0n) is 37.5. The molecule has 0 heterocycles. The van der Waals surface area contributed by atoms with Gasteiger partial charge in [-0.05, 0) is 109 Å². The van der Waals surface area contributed by atoms with Crippen LogP contribution < -0.4 is 0 Å². The van der Waals surface area contributed by atoms with E-state index >= 15 is 0 Å². The predicted octanol–water partition coefficient (Wildman–Crippen LogP) is 15.0. The van der Waals surface area contributed by atoms with E-state index in [0.29, 0.717) is 19.3 Å². The number of hydrogen-bond acceptors (Lipinski definition) is 6. The Balaban J connectivity index is 4.58. The molecule has 0 N–H and O–H groups in total. The Kier molecular flexibility index (Phi) is 43.2. The van der Waals surface area contributed by atoms with Gasteiger partial charge in [0.15, 0.2) is 6.10 Å². The number of hydrogen-bond donors (Lipinski definition) is 0. The van der Waals surface area contributed by atoms with Gasteiger partial charge in [-0.3, -0.25) is 14.4 Å². The molecule has 0 rings (SSSR count). The normalized spacial score (nSPS) is 13.2. The van der Waals surface area contributed by atoms with Crippen molar-refractivity contribution in [1.82, 2.24) is 0 Å². The van der Waals surface area contributed by atoms with Gasteiger partial charge in [0.25, 0.3) is 0 Å². The highest BCUT2D eigenvalue weighted by molar-refractivity contribution is 5.71. The lowest BCUT2D eigenvalue weighted by Gasteiger charge is -2.18. The van der Waals surface area contributed by atoms with E-state index < -0.39 is 12.1 Å². The summed E-state index contributed by atoms with van der Waals surface area (Å²) in [5.74, 6) is -1.07. The maximum absolute atomic E-state index is 12.7. The van der Waals surface area contributed by atoms with Crippen molar-refractivity contribution in [3.8, 4) is 0 Å². The van der Waals surface area contributed by atoms with Gasteiger partial charge in [0.2, 0.25) is 0 Å². The summed E-state index contributed by atoms with van der Waals surface area (Å²) in [6, 6.07) is 0. The molecular formula is C53H82O6. The van der Waals surface area contributed by atoms with Crippen molar-refractivity contribution in [3.63, 3.8) is 0 Å². The van der Waals surface area contributed by atoms with Crippen LogP contribution in [0.4, 0.5) is 0 Å². The van der Waals surface area contributed by atoms with Crippen molar-refractivity contribution in [2.45, 2.75) is 181 Å². The van der Waals surface area contributed by atoms with Crippen molar-refractivity contribution < 1.29 is 28.6 Å². The molecule has 0 saturated heterocycles. The highest BCUT2D eigenvalue weighted by atomic mass is 16.6. The molecule has 0 aliphatic heterocycles. The first kappa shape index (κ1) is 54.8. The summed E-state index contributed by atoms with van der Waals surface area (Å²) >= 11 is 0. The Morgan fingerprint density at radius 3 is 1.03 bits per heavy atom. The molecule has 0 bridgehead atoms. The highest BCUT2D eigenvalue weighted by Crippen LogP contribution is 2.11. The average molecular weight is 815 g/mol. The first-order valence-electron chi connectivity index (χ1n) is 23.0. The van der Waals surface area contributed by atoms with Gasteiger partial charge in [-0.15, -0.1) is 0 Å². The van der Waals surface area contributed by atoms with Crippen LogP contribution in [-0.2, 0) is 28.6 Å². The summed E-state index contributed by atoms with van der Waals surface area (Å²) in [7, 11) is 0. The fourth-order valence-electron chi connectivity index (χ4n) is 5.60. The molecular weight excluding hydrogens is 733 g/mol. The fourth-order valence-corrected chi connectivity index (χ4v) is 5.60. The van der Waals surface area contributed by atoms with Crippen LogP contribution in [0.25, 0.3) is 0 Å². The molecule has 0 amide bonds. The SMILES string of the molecule is CC/C=C\C/C=C\C/C=C\C/C=C\CCC(=O)OC(COC(=O)CCCCC/C=C\C/C=C\C/C=C\CC)COC(=O)CCCCCCC/C=C\C/C=C\C/C=C\CC. The van der Waals surface area contributed by atoms with Crippen LogP contribution in [0.15, 0.2) is 122 Å². The molecule has 6 nitrogen and oxygen atoms in total. The summed E-state index contributed by atoms with van der Waals surface area (Å²) in [6.45, 7) is 6.15. The van der Waals surface area contributed by atoms with Gasteiger partial charge in [-0.1, -0.05) is 168 Å². The molecule has 6 heteroatoms. The number of esters is 3. The van der Waals surface area contributed by atoms with Crippen LogP contribution in [0.5, 0.6) is 0 Å². The van der Waals surface area contributed by atoms with Crippen molar-refractivity contribution >= 4 is 17.9 Å². The maximum Gasteiger partial charge on any atom is 0.306 e. The van der Waals surface area contributed by atoms with Gasteiger partial charge in [-0.2, -0.15) is 0 Å². The molecule has 1 unspecified atom stereocenters. The second kappa shape index (κ2) is 46.5. The van der Waals surface area contributed by atoms with Crippen LogP contribution in [0.3, 0.4) is 0 Å². The molecule has 0 spiro atoms. The van der Waals surface area contributed by atoms with Gasteiger partial charge >= 0.3 is 17.9 Å². The van der Waals surface area contributed by atoms with Gasteiger partial charge in [0.05, 0.1) is 0 Å². The predicted molar refractivity (Wildman–Crippen MR) is 251 cm³/mol. The third-order valence-electron chi connectivity index (χ3n) is 8.96. The van der Waals surface area contributed by atoms with Crippen LogP contribution in [-0.4, -0.2) is 37.2 Å². The highest BCUT2D eigenvalue weighted by Gasteiger charge is 2.19. The van der Waals surface area contributed by atoms with E-state index in [1.54, 1.807) is 0 Å². The van der Waals surface area contributed by atoms with Gasteiger partial charge in [0, 0.05) is 19.3 Å². The van der Waals surface area contributed by atoms with Crippen molar-refractivity contribution in [1.29, 1.82) is 0 Å². The van der Waals surface area contributed by atoms with E-state index in [1.165, 1.54) is 0 Å². The second-order valence-corrected chi connectivity index (χ2v) is 14.5. The molecule has 0 radical (unpaired) electrons. The molecule has 0 aromatic rings. The molecule has 330 valence electrons. The molecule has 0 aliphatic carbocycles. The number of carbonyl (C=O) groups is 3. The Morgan fingerprint density at radius 2 is 0.644 bits per heavy atom. The molecule has 0 aromatic heterocycles. The van der Waals surface area contributed by atoms with E-state index in [2.05, 4.69) is 130 Å². The van der Waals surface area contributed by atoms with Gasteiger partial charge in [0.1, 0.15) is 13.2 Å². The van der Waals surface area contributed by atoms with E-state index in [9.17, 15) is 14.4 Å². The minimum atomic E-state index is -0.837. The van der Waals surface area contributed by atoms with Crippen LogP contribution in [0, 0.1) is 0 Å². The molecule has 59 heavy (non-hydrogen) atoms. The molecule has 1 atom stereocenters. The lowest BCUT2D eigenvalue weighted by atomic mass is 10.1. The smallest absolute Gasteiger partial charge is 0.306 e. The quantitative estimate of drug-likeness (QED) is 0.0266. The first-order chi connectivity index (χ1) is 29.0. The van der Waals surface area contributed by atoms with Crippen LogP contribution in [0.1, 0.15) is 175 Å². The van der Waals surface area contributed by atoms with E-state index in [4.69, 9.17) is 14.2 Å². The standard InChI is InChI=1S/C53H82O6/c1-4-7-10-13-16-19-22-25-26-29-31-34-37-40-43-46-52(55)58-49-50(59-53(56)47-44-41-38-35-32-28-24-21-18-15-12-9-6-3)48-57-51(54)45-42-39-36-33-30-27-23-20-17-14-11-8-5-2/h7-12,16-21,25-28,30,32,38,41,50H,4-6,13-15,22-24,29,31,33-37,39-40,42-49H2,1-3H3/b10-7-,11-8-,12-9-,19-16-,20-17-,21-18-,26-25-,30-27-,32-28-,41-38-. The number of unbranched alkanes of at least 4 members (excludes halogenated alkanes) is 8. The van der Waals surface area contributed by atoms with Crippen LogP contribution in [0.2, 0.25) is 0 Å².